The molecule has 4 nitrogen and oxygen atoms in total. The van der Waals surface area contributed by atoms with Crippen molar-refractivity contribution < 1.29 is 9.13 Å². The first-order chi connectivity index (χ1) is 9.94. The van der Waals surface area contributed by atoms with E-state index in [4.69, 9.17) is 4.74 Å². The Kier molecular flexibility index (Phi) is 5.25. The number of nitrogens with zero attached hydrogens (tertiary/aromatic N) is 2. The Morgan fingerprint density at radius 3 is 2.71 bits per heavy atom. The number of benzene rings is 1. The minimum atomic E-state index is -0.381. The van der Waals surface area contributed by atoms with Crippen LogP contribution >= 0.6 is 15.9 Å². The summed E-state index contributed by atoms with van der Waals surface area (Å²) in [5.74, 6) is -0.0248. The molecule has 2 rings (SSSR count). The van der Waals surface area contributed by atoms with Crippen LogP contribution in [0.15, 0.2) is 28.9 Å². The molecule has 0 fully saturated rings. The van der Waals surface area contributed by atoms with Crippen LogP contribution in [0.4, 0.5) is 4.39 Å². The van der Waals surface area contributed by atoms with Crippen molar-refractivity contribution in [1.29, 1.82) is 0 Å². The first-order valence-electron chi connectivity index (χ1n) is 6.64. The maximum Gasteiger partial charge on any atom is 0.322 e. The van der Waals surface area contributed by atoms with E-state index in [-0.39, 0.29) is 11.8 Å². The Balaban J connectivity index is 2.12. The zero-order valence-corrected chi connectivity index (χ0v) is 13.7. The van der Waals surface area contributed by atoms with Gasteiger partial charge in [0.25, 0.3) is 0 Å². The van der Waals surface area contributed by atoms with Gasteiger partial charge in [0.2, 0.25) is 0 Å². The van der Waals surface area contributed by atoms with Gasteiger partial charge in [-0.25, -0.2) is 9.37 Å². The van der Waals surface area contributed by atoms with E-state index in [1.807, 2.05) is 6.92 Å². The third kappa shape index (κ3) is 4.75. The van der Waals surface area contributed by atoms with Gasteiger partial charge in [-0.05, 0) is 19.1 Å². The predicted molar refractivity (Wildman–Crippen MR) is 82.9 cm³/mol. The Bertz CT molecular complexity index is 614. The number of hydrogen-bond donors (Lipinski definition) is 1. The number of aryl methyl sites for hydroxylation is 1. The van der Waals surface area contributed by atoms with Crippen molar-refractivity contribution >= 4 is 15.9 Å². The minimum absolute atomic E-state index is 0.207. The molecule has 0 atom stereocenters. The summed E-state index contributed by atoms with van der Waals surface area (Å²) in [6.07, 6.45) is 1.72. The quantitative estimate of drug-likeness (QED) is 0.883. The van der Waals surface area contributed by atoms with Gasteiger partial charge in [-0.3, -0.25) is 0 Å². The number of aromatic nitrogens is 2. The van der Waals surface area contributed by atoms with E-state index in [0.29, 0.717) is 22.8 Å². The molecule has 0 saturated heterocycles. The maximum absolute atomic E-state index is 13.3. The molecule has 112 valence electrons. The Morgan fingerprint density at radius 1 is 1.33 bits per heavy atom. The van der Waals surface area contributed by atoms with Crippen molar-refractivity contribution in [2.45, 2.75) is 33.4 Å². The van der Waals surface area contributed by atoms with Crippen LogP contribution in [0.2, 0.25) is 0 Å². The van der Waals surface area contributed by atoms with Crippen LogP contribution in [0, 0.1) is 12.7 Å². The highest BCUT2D eigenvalue weighted by atomic mass is 79.9. The summed E-state index contributed by atoms with van der Waals surface area (Å²) in [6.45, 7) is 6.76. The topological polar surface area (TPSA) is 47.0 Å². The van der Waals surface area contributed by atoms with E-state index in [2.05, 4.69) is 45.1 Å². The number of rotatable bonds is 5. The number of nitrogens with one attached hydrogen (secondary N) is 1. The SMILES string of the molecule is Cc1nc(Oc2cc(F)cc(Br)c2)ncc1CNC(C)C. The molecule has 0 amide bonds. The summed E-state index contributed by atoms with van der Waals surface area (Å²) >= 11 is 3.22. The third-order valence-corrected chi connectivity index (χ3v) is 3.26. The van der Waals surface area contributed by atoms with Gasteiger partial charge < -0.3 is 10.1 Å². The summed E-state index contributed by atoms with van der Waals surface area (Å²) < 4.78 is 19.4. The third-order valence-electron chi connectivity index (χ3n) is 2.80. The molecule has 0 saturated carbocycles. The van der Waals surface area contributed by atoms with Gasteiger partial charge >= 0.3 is 6.01 Å². The van der Waals surface area contributed by atoms with E-state index in [1.165, 1.54) is 12.1 Å². The normalized spacial score (nSPS) is 11.0. The van der Waals surface area contributed by atoms with Gasteiger partial charge in [-0.15, -0.1) is 0 Å². The molecule has 0 aliphatic rings. The fourth-order valence-electron chi connectivity index (χ4n) is 1.70. The van der Waals surface area contributed by atoms with Crippen LogP contribution in [0.5, 0.6) is 11.8 Å². The molecule has 0 bridgehead atoms. The zero-order valence-electron chi connectivity index (χ0n) is 12.2. The molecule has 0 aliphatic carbocycles. The van der Waals surface area contributed by atoms with Gasteiger partial charge in [0.15, 0.2) is 0 Å². The molecule has 1 aromatic heterocycles. The maximum atomic E-state index is 13.3. The van der Waals surface area contributed by atoms with Gasteiger partial charge in [0, 0.05) is 40.6 Å². The summed E-state index contributed by atoms with van der Waals surface area (Å²) in [5, 5.41) is 3.31. The van der Waals surface area contributed by atoms with Crippen LogP contribution in [-0.2, 0) is 6.54 Å². The van der Waals surface area contributed by atoms with E-state index < -0.39 is 0 Å². The molecule has 0 unspecified atom stereocenters. The summed E-state index contributed by atoms with van der Waals surface area (Å²) in [5.41, 5.74) is 1.85. The van der Waals surface area contributed by atoms with Crippen molar-refractivity contribution in [2.24, 2.45) is 0 Å². The highest BCUT2D eigenvalue weighted by Crippen LogP contribution is 2.24. The molecule has 6 heteroatoms. The monoisotopic (exact) mass is 353 g/mol. The summed E-state index contributed by atoms with van der Waals surface area (Å²) in [7, 11) is 0. The van der Waals surface area contributed by atoms with Gasteiger partial charge in [-0.2, -0.15) is 4.98 Å². The van der Waals surface area contributed by atoms with Crippen molar-refractivity contribution in [1.82, 2.24) is 15.3 Å². The molecule has 1 heterocycles. The number of halogens is 2. The van der Waals surface area contributed by atoms with Crippen LogP contribution in [0.1, 0.15) is 25.1 Å². The number of hydrogen-bond acceptors (Lipinski definition) is 4. The molecule has 0 aliphatic heterocycles. The van der Waals surface area contributed by atoms with Gasteiger partial charge in [0.05, 0.1) is 0 Å². The summed E-state index contributed by atoms with van der Waals surface area (Å²) in [6, 6.07) is 4.91. The second kappa shape index (κ2) is 6.95. The van der Waals surface area contributed by atoms with Crippen molar-refractivity contribution in [3.8, 4) is 11.8 Å². The lowest BCUT2D eigenvalue weighted by molar-refractivity contribution is 0.434. The smallest absolute Gasteiger partial charge is 0.322 e. The first kappa shape index (κ1) is 15.9. The molecule has 0 radical (unpaired) electrons. The lowest BCUT2D eigenvalue weighted by atomic mass is 10.2. The molecule has 21 heavy (non-hydrogen) atoms. The highest BCUT2D eigenvalue weighted by molar-refractivity contribution is 9.10. The van der Waals surface area contributed by atoms with Crippen molar-refractivity contribution in [2.75, 3.05) is 0 Å². The average molecular weight is 354 g/mol. The molecular weight excluding hydrogens is 337 g/mol. The molecule has 2 aromatic rings. The Labute approximate surface area is 131 Å². The lowest BCUT2D eigenvalue weighted by Gasteiger charge is -2.11. The van der Waals surface area contributed by atoms with Crippen LogP contribution in [0.3, 0.4) is 0 Å². The Hall–Kier alpha value is -1.53. The van der Waals surface area contributed by atoms with Gasteiger partial charge in [0.1, 0.15) is 11.6 Å². The van der Waals surface area contributed by atoms with Crippen molar-refractivity contribution in [3.05, 3.63) is 45.9 Å². The standard InChI is InChI=1S/C15H17BrFN3O/c1-9(2)18-7-11-8-19-15(20-10(11)3)21-14-5-12(16)4-13(17)6-14/h4-6,8-9,18H,7H2,1-3H3. The van der Waals surface area contributed by atoms with E-state index in [9.17, 15) is 4.39 Å². The fraction of sp³-hybridized carbons (Fsp3) is 0.333. The van der Waals surface area contributed by atoms with Crippen LogP contribution < -0.4 is 10.1 Å². The molecule has 1 N–H and O–H groups in total. The van der Waals surface area contributed by atoms with E-state index in [0.717, 1.165) is 11.3 Å². The van der Waals surface area contributed by atoms with Gasteiger partial charge in [-0.1, -0.05) is 29.8 Å². The molecule has 0 spiro atoms. The minimum Gasteiger partial charge on any atom is -0.424 e. The van der Waals surface area contributed by atoms with Crippen LogP contribution in [-0.4, -0.2) is 16.0 Å². The number of ether oxygens (including phenoxy) is 1. The van der Waals surface area contributed by atoms with E-state index >= 15 is 0 Å². The average Bonchev–Trinajstić information content (AvgIpc) is 2.36. The summed E-state index contributed by atoms with van der Waals surface area (Å²) in [4.78, 5) is 8.46. The largest absolute Gasteiger partial charge is 0.424 e. The Morgan fingerprint density at radius 2 is 2.10 bits per heavy atom. The van der Waals surface area contributed by atoms with Crippen LogP contribution in [0.25, 0.3) is 0 Å². The lowest BCUT2D eigenvalue weighted by Crippen LogP contribution is -2.22. The molecular formula is C15H17BrFN3O. The zero-order chi connectivity index (χ0) is 15.4. The van der Waals surface area contributed by atoms with Crippen molar-refractivity contribution in [3.63, 3.8) is 0 Å². The first-order valence-corrected chi connectivity index (χ1v) is 7.43. The predicted octanol–water partition coefficient (Wildman–Crippen LogP) is 3.98. The second-order valence-corrected chi connectivity index (χ2v) is 5.92. The second-order valence-electron chi connectivity index (χ2n) is 5.01. The highest BCUT2D eigenvalue weighted by Gasteiger charge is 2.07. The molecule has 1 aromatic carbocycles. The van der Waals surface area contributed by atoms with E-state index in [1.54, 1.807) is 12.3 Å². The fourth-order valence-corrected chi connectivity index (χ4v) is 2.14.